The lowest BCUT2D eigenvalue weighted by Crippen LogP contribution is -2.11. The number of hydrogen-bond donors (Lipinski definition) is 0. The smallest absolute Gasteiger partial charge is 0.325 e. The number of nitro groups is 1. The van der Waals surface area contributed by atoms with Gasteiger partial charge in [0.2, 0.25) is 0 Å². The van der Waals surface area contributed by atoms with E-state index in [1.54, 1.807) is 6.92 Å². The number of aromatic nitrogens is 1. The maximum absolute atomic E-state index is 11.0. The summed E-state index contributed by atoms with van der Waals surface area (Å²) >= 11 is 0. The average molecular weight is 198 g/mol. The van der Waals surface area contributed by atoms with Crippen LogP contribution in [0, 0.1) is 10.1 Å². The third-order valence-corrected chi connectivity index (χ3v) is 1.56. The number of carbonyl (C=O) groups excluding carboxylic acids is 1. The molecule has 0 N–H and O–H groups in total. The Morgan fingerprint density at radius 2 is 2.43 bits per heavy atom. The number of nitrogens with zero attached hydrogens (tertiary/aromatic N) is 2. The number of carbonyl (C=O) groups is 1. The van der Waals surface area contributed by atoms with Crippen molar-refractivity contribution in [2.45, 2.75) is 13.5 Å². The summed E-state index contributed by atoms with van der Waals surface area (Å²) < 4.78 is 6.10. The number of esters is 1. The molecule has 0 bridgehead atoms. The highest BCUT2D eigenvalue weighted by Gasteiger charge is 2.09. The first-order valence-electron chi connectivity index (χ1n) is 4.09. The van der Waals surface area contributed by atoms with E-state index in [4.69, 9.17) is 0 Å². The van der Waals surface area contributed by atoms with Crippen molar-refractivity contribution in [2.24, 2.45) is 0 Å². The van der Waals surface area contributed by atoms with Crippen LogP contribution in [0.4, 0.5) is 5.69 Å². The van der Waals surface area contributed by atoms with Crippen molar-refractivity contribution < 1.29 is 14.5 Å². The van der Waals surface area contributed by atoms with Gasteiger partial charge in [-0.25, -0.2) is 0 Å². The van der Waals surface area contributed by atoms with Crippen LogP contribution in [0.2, 0.25) is 0 Å². The monoisotopic (exact) mass is 198 g/mol. The lowest BCUT2D eigenvalue weighted by atomic mass is 10.6. The summed E-state index contributed by atoms with van der Waals surface area (Å²) in [6.07, 6.45) is 2.76. The van der Waals surface area contributed by atoms with Crippen LogP contribution < -0.4 is 0 Å². The van der Waals surface area contributed by atoms with Gasteiger partial charge in [-0.2, -0.15) is 0 Å². The van der Waals surface area contributed by atoms with E-state index >= 15 is 0 Å². The highest BCUT2D eigenvalue weighted by atomic mass is 16.6. The Kier molecular flexibility index (Phi) is 3.22. The molecule has 0 aromatic carbocycles. The summed E-state index contributed by atoms with van der Waals surface area (Å²) in [4.78, 5) is 20.8. The fourth-order valence-electron chi connectivity index (χ4n) is 0.990. The van der Waals surface area contributed by atoms with Crippen LogP contribution in [0.5, 0.6) is 0 Å². The molecular formula is C8H10N2O4. The maximum atomic E-state index is 11.0. The third-order valence-electron chi connectivity index (χ3n) is 1.56. The fourth-order valence-corrected chi connectivity index (χ4v) is 0.990. The number of rotatable bonds is 4. The molecule has 0 saturated carbocycles. The van der Waals surface area contributed by atoms with Crippen LogP contribution >= 0.6 is 0 Å². The molecule has 0 fully saturated rings. The Morgan fingerprint density at radius 3 is 2.93 bits per heavy atom. The molecule has 0 unspecified atom stereocenters. The molecule has 0 aliphatic carbocycles. The van der Waals surface area contributed by atoms with Gasteiger partial charge >= 0.3 is 5.97 Å². The van der Waals surface area contributed by atoms with Gasteiger partial charge in [-0.05, 0) is 6.92 Å². The van der Waals surface area contributed by atoms with Gasteiger partial charge in [0.25, 0.3) is 5.69 Å². The summed E-state index contributed by atoms with van der Waals surface area (Å²) in [7, 11) is 0. The van der Waals surface area contributed by atoms with Crippen LogP contribution in [-0.2, 0) is 16.1 Å². The van der Waals surface area contributed by atoms with E-state index in [9.17, 15) is 14.9 Å². The Morgan fingerprint density at radius 1 is 1.71 bits per heavy atom. The molecule has 0 atom stereocenters. The van der Waals surface area contributed by atoms with E-state index in [0.717, 1.165) is 0 Å². The first-order valence-corrected chi connectivity index (χ1v) is 4.09. The van der Waals surface area contributed by atoms with E-state index in [2.05, 4.69) is 4.74 Å². The molecule has 6 nitrogen and oxygen atoms in total. The third kappa shape index (κ3) is 2.58. The minimum atomic E-state index is -0.512. The van der Waals surface area contributed by atoms with Gasteiger partial charge in [0.15, 0.2) is 0 Å². The molecule has 14 heavy (non-hydrogen) atoms. The lowest BCUT2D eigenvalue weighted by Gasteiger charge is -2.01. The van der Waals surface area contributed by atoms with Crippen LogP contribution in [0.3, 0.4) is 0 Å². The van der Waals surface area contributed by atoms with Crippen LogP contribution in [-0.4, -0.2) is 22.1 Å². The van der Waals surface area contributed by atoms with Crippen molar-refractivity contribution in [2.75, 3.05) is 6.61 Å². The van der Waals surface area contributed by atoms with Crippen molar-refractivity contribution in [1.29, 1.82) is 0 Å². The molecule has 0 aliphatic rings. The van der Waals surface area contributed by atoms with E-state index in [1.165, 1.54) is 23.0 Å². The summed E-state index contributed by atoms with van der Waals surface area (Å²) in [6, 6.07) is 1.33. The van der Waals surface area contributed by atoms with Gasteiger partial charge in [-0.3, -0.25) is 14.9 Å². The Balaban J connectivity index is 2.59. The minimum Gasteiger partial charge on any atom is -0.465 e. The van der Waals surface area contributed by atoms with Gasteiger partial charge in [0, 0.05) is 12.3 Å². The largest absolute Gasteiger partial charge is 0.465 e. The molecule has 1 aromatic heterocycles. The first-order chi connectivity index (χ1) is 6.63. The predicted octanol–water partition coefficient (Wildman–Crippen LogP) is 0.959. The zero-order chi connectivity index (χ0) is 10.6. The molecule has 6 heteroatoms. The molecule has 0 saturated heterocycles. The van der Waals surface area contributed by atoms with Crippen molar-refractivity contribution in [3.05, 3.63) is 28.6 Å². The van der Waals surface area contributed by atoms with Crippen molar-refractivity contribution in [3.8, 4) is 0 Å². The zero-order valence-corrected chi connectivity index (χ0v) is 7.67. The normalized spacial score (nSPS) is 9.79. The van der Waals surface area contributed by atoms with Crippen molar-refractivity contribution in [1.82, 2.24) is 4.57 Å². The molecule has 1 aromatic rings. The average Bonchev–Trinajstić information content (AvgIpc) is 2.53. The molecule has 1 rings (SSSR count). The minimum absolute atomic E-state index is 0.00167. The van der Waals surface area contributed by atoms with Crippen molar-refractivity contribution in [3.63, 3.8) is 0 Å². The second kappa shape index (κ2) is 4.40. The van der Waals surface area contributed by atoms with Gasteiger partial charge in [-0.15, -0.1) is 0 Å². The zero-order valence-electron chi connectivity index (χ0n) is 7.67. The second-order valence-corrected chi connectivity index (χ2v) is 2.60. The second-order valence-electron chi connectivity index (χ2n) is 2.60. The van der Waals surface area contributed by atoms with E-state index < -0.39 is 10.9 Å². The Hall–Kier alpha value is -1.85. The maximum Gasteiger partial charge on any atom is 0.325 e. The van der Waals surface area contributed by atoms with Gasteiger partial charge < -0.3 is 9.30 Å². The van der Waals surface area contributed by atoms with Crippen LogP contribution in [0.15, 0.2) is 18.5 Å². The van der Waals surface area contributed by atoms with E-state index in [0.29, 0.717) is 6.61 Å². The molecule has 76 valence electrons. The highest BCUT2D eigenvalue weighted by molar-refractivity contribution is 5.69. The standard InChI is InChI=1S/C8H10N2O4/c1-2-14-8(11)6-9-4-3-7(5-9)10(12)13/h3-5H,2,6H2,1H3. The topological polar surface area (TPSA) is 74.4 Å². The molecule has 0 aliphatic heterocycles. The highest BCUT2D eigenvalue weighted by Crippen LogP contribution is 2.10. The Labute approximate surface area is 80.2 Å². The van der Waals surface area contributed by atoms with Gasteiger partial charge in [0.1, 0.15) is 6.54 Å². The number of hydrogen-bond acceptors (Lipinski definition) is 4. The molecule has 1 heterocycles. The van der Waals surface area contributed by atoms with E-state index in [-0.39, 0.29) is 12.2 Å². The number of ether oxygens (including phenoxy) is 1. The first kappa shape index (κ1) is 10.2. The fraction of sp³-hybridized carbons (Fsp3) is 0.375. The molecule has 0 spiro atoms. The molecule has 0 radical (unpaired) electrons. The lowest BCUT2D eigenvalue weighted by molar-refractivity contribution is -0.384. The van der Waals surface area contributed by atoms with Crippen LogP contribution in [0.1, 0.15) is 6.92 Å². The van der Waals surface area contributed by atoms with Crippen LogP contribution in [0.25, 0.3) is 0 Å². The Bertz CT molecular complexity index is 345. The van der Waals surface area contributed by atoms with Gasteiger partial charge in [-0.1, -0.05) is 0 Å². The summed E-state index contributed by atoms with van der Waals surface area (Å²) in [5.41, 5.74) is -0.0331. The molecular weight excluding hydrogens is 188 g/mol. The van der Waals surface area contributed by atoms with E-state index in [1.807, 2.05) is 0 Å². The molecule has 0 amide bonds. The van der Waals surface area contributed by atoms with Gasteiger partial charge in [0.05, 0.1) is 17.7 Å². The summed E-state index contributed by atoms with van der Waals surface area (Å²) in [5.74, 6) is -0.405. The quantitative estimate of drug-likeness (QED) is 0.410. The van der Waals surface area contributed by atoms with Crippen molar-refractivity contribution >= 4 is 11.7 Å². The SMILES string of the molecule is CCOC(=O)Cn1ccc([N+](=O)[O-])c1. The summed E-state index contributed by atoms with van der Waals surface area (Å²) in [6.45, 7) is 2.01. The summed E-state index contributed by atoms with van der Waals surface area (Å²) in [5, 5.41) is 10.3. The predicted molar refractivity (Wildman–Crippen MR) is 47.7 cm³/mol.